The van der Waals surface area contributed by atoms with Gasteiger partial charge < -0.3 is 33.8 Å². The Balaban J connectivity index is 5.19. The fourth-order valence-corrected chi connectivity index (χ4v) is 13.6. The molecule has 17 nitrogen and oxygen atoms in total. The molecule has 0 aliphatic rings. The first kappa shape index (κ1) is 96.1. The number of esters is 4. The minimum atomic E-state index is -4.96. The number of aliphatic hydroxyl groups is 1. The molecule has 8 atom stereocenters. The second-order valence-corrected chi connectivity index (χ2v) is 32.6. The number of hydrogen-bond donors (Lipinski definition) is 3. The molecule has 0 radical (unpaired) electrons. The molecule has 0 spiro atoms. The monoisotopic (exact) mass is 1440 g/mol. The van der Waals surface area contributed by atoms with Crippen LogP contribution in [0.5, 0.6) is 0 Å². The van der Waals surface area contributed by atoms with E-state index in [0.29, 0.717) is 25.7 Å². The van der Waals surface area contributed by atoms with E-state index in [0.717, 1.165) is 120 Å². The summed E-state index contributed by atoms with van der Waals surface area (Å²) in [7, 11) is -9.92. The third kappa shape index (κ3) is 68.5. The van der Waals surface area contributed by atoms with Gasteiger partial charge in [-0.25, -0.2) is 9.13 Å². The van der Waals surface area contributed by atoms with Crippen LogP contribution in [0, 0.1) is 23.7 Å². The molecule has 0 fully saturated rings. The molecule has 3 N–H and O–H groups in total. The van der Waals surface area contributed by atoms with Crippen LogP contribution in [-0.4, -0.2) is 96.7 Å². The Kier molecular flexibility index (Phi) is 66.8. The smallest absolute Gasteiger partial charge is 0.462 e. The largest absolute Gasteiger partial charge is 0.472 e. The third-order valence-electron chi connectivity index (χ3n) is 19.4. The van der Waals surface area contributed by atoms with Crippen LogP contribution in [0.25, 0.3) is 0 Å². The molecular formula is C79H154O17P2. The summed E-state index contributed by atoms with van der Waals surface area (Å²) >= 11 is 0. The lowest BCUT2D eigenvalue weighted by atomic mass is 9.99. The van der Waals surface area contributed by atoms with Crippen molar-refractivity contribution in [1.29, 1.82) is 0 Å². The van der Waals surface area contributed by atoms with E-state index >= 15 is 0 Å². The van der Waals surface area contributed by atoms with Crippen LogP contribution in [0.3, 0.4) is 0 Å². The van der Waals surface area contributed by atoms with E-state index < -0.39 is 97.5 Å². The van der Waals surface area contributed by atoms with Crippen molar-refractivity contribution in [2.24, 2.45) is 23.7 Å². The van der Waals surface area contributed by atoms with E-state index in [1.165, 1.54) is 199 Å². The number of phosphoric acid groups is 2. The van der Waals surface area contributed by atoms with E-state index in [1.807, 2.05) is 0 Å². The maximum absolute atomic E-state index is 13.1. The van der Waals surface area contributed by atoms with Gasteiger partial charge in [0, 0.05) is 25.7 Å². The van der Waals surface area contributed by atoms with Gasteiger partial charge in [0.2, 0.25) is 0 Å². The van der Waals surface area contributed by atoms with Crippen molar-refractivity contribution in [2.75, 3.05) is 39.6 Å². The maximum atomic E-state index is 13.1. The first-order valence-corrected chi connectivity index (χ1v) is 43.8. The predicted octanol–water partition coefficient (Wildman–Crippen LogP) is 23.2. The molecule has 0 heterocycles. The molecule has 0 aromatic carbocycles. The highest BCUT2D eigenvalue weighted by molar-refractivity contribution is 7.47. The second kappa shape index (κ2) is 68.2. The lowest BCUT2D eigenvalue weighted by Gasteiger charge is -2.21. The minimum Gasteiger partial charge on any atom is -0.462 e. The van der Waals surface area contributed by atoms with Crippen molar-refractivity contribution in [2.45, 2.75) is 420 Å². The molecule has 0 aromatic heterocycles. The molecule has 0 aromatic rings. The molecule has 98 heavy (non-hydrogen) atoms. The molecule has 0 aliphatic carbocycles. The van der Waals surface area contributed by atoms with Crippen LogP contribution in [-0.2, 0) is 65.4 Å². The summed E-state index contributed by atoms with van der Waals surface area (Å²) < 4.78 is 68.6. The molecule has 5 unspecified atom stereocenters. The van der Waals surface area contributed by atoms with Gasteiger partial charge in [-0.2, -0.15) is 0 Å². The van der Waals surface area contributed by atoms with Gasteiger partial charge in [-0.1, -0.05) is 351 Å². The summed E-state index contributed by atoms with van der Waals surface area (Å²) in [6.45, 7) is 14.3. The molecule has 0 rings (SSSR count). The van der Waals surface area contributed by atoms with Gasteiger partial charge in [-0.15, -0.1) is 0 Å². The Morgan fingerprint density at radius 2 is 0.490 bits per heavy atom. The zero-order valence-corrected chi connectivity index (χ0v) is 66.2. The predicted molar refractivity (Wildman–Crippen MR) is 400 cm³/mol. The first-order chi connectivity index (χ1) is 47.2. The molecule has 0 amide bonds. The number of hydrogen-bond acceptors (Lipinski definition) is 15. The Morgan fingerprint density at radius 3 is 0.724 bits per heavy atom. The van der Waals surface area contributed by atoms with Crippen molar-refractivity contribution in [3.8, 4) is 0 Å². The van der Waals surface area contributed by atoms with Crippen molar-refractivity contribution in [3.05, 3.63) is 0 Å². The van der Waals surface area contributed by atoms with E-state index in [2.05, 4.69) is 55.4 Å². The minimum absolute atomic E-state index is 0.105. The fourth-order valence-electron chi connectivity index (χ4n) is 12.0. The molecule has 0 saturated carbocycles. The highest BCUT2D eigenvalue weighted by atomic mass is 31.2. The molecule has 0 aliphatic heterocycles. The number of aliphatic hydroxyl groups excluding tert-OH is 1. The molecule has 582 valence electrons. The van der Waals surface area contributed by atoms with Gasteiger partial charge in [0.25, 0.3) is 0 Å². The summed E-state index contributed by atoms with van der Waals surface area (Å²) in [5.41, 5.74) is 0. The van der Waals surface area contributed by atoms with Crippen LogP contribution in [0.1, 0.15) is 402 Å². The number of phosphoric ester groups is 2. The van der Waals surface area contributed by atoms with E-state index in [4.69, 9.17) is 37.0 Å². The van der Waals surface area contributed by atoms with Gasteiger partial charge in [0.05, 0.1) is 26.4 Å². The topological polar surface area (TPSA) is 237 Å². The van der Waals surface area contributed by atoms with Crippen molar-refractivity contribution in [1.82, 2.24) is 0 Å². The standard InChI is InChI=1S/C79H154O17P2/c1-9-70(6)56-48-40-32-26-20-18-16-14-12-13-15-17-19-21-28-35-45-53-61-78(83)96-75(66-90-77(82)60-52-44-38-37-42-50-58-72(8)11-3)68-94-98(87,88)92-64-73(80)63-91-97(85,86)93-67-74(65-89-76(81)59-51-43-34-30-24-25-31-39-47-55-69(4)5)95-79(84)62-54-46-36-29-23-22-27-33-41-49-57-71(7)10-2/h69-75,80H,9-68H2,1-8H3,(H,85,86)(H,87,88)/t70?,71?,72?,73-,74-,75-/m1/s1. The van der Waals surface area contributed by atoms with Gasteiger partial charge in [0.15, 0.2) is 12.2 Å². The summed E-state index contributed by atoms with van der Waals surface area (Å²) in [4.78, 5) is 72.9. The Labute approximate surface area is 600 Å². The maximum Gasteiger partial charge on any atom is 0.472 e. The van der Waals surface area contributed by atoms with Crippen LogP contribution in [0.4, 0.5) is 0 Å². The summed E-state index contributed by atoms with van der Waals surface area (Å²) in [5.74, 6) is 1.03. The van der Waals surface area contributed by atoms with Crippen LogP contribution >= 0.6 is 15.6 Å². The fraction of sp³-hybridized carbons (Fsp3) is 0.949. The number of carbonyl (C=O) groups excluding carboxylic acids is 4. The van der Waals surface area contributed by atoms with Crippen LogP contribution < -0.4 is 0 Å². The van der Waals surface area contributed by atoms with E-state index in [9.17, 15) is 43.2 Å². The number of ether oxygens (including phenoxy) is 4. The van der Waals surface area contributed by atoms with Gasteiger partial charge in [0.1, 0.15) is 19.3 Å². The van der Waals surface area contributed by atoms with Crippen molar-refractivity contribution >= 4 is 39.5 Å². The zero-order valence-electron chi connectivity index (χ0n) is 64.4. The van der Waals surface area contributed by atoms with Crippen molar-refractivity contribution in [3.63, 3.8) is 0 Å². The molecule has 0 saturated heterocycles. The molecule has 19 heteroatoms. The molecular weight excluding hydrogens is 1280 g/mol. The van der Waals surface area contributed by atoms with Gasteiger partial charge in [-0.3, -0.25) is 37.3 Å². The number of rotatable bonds is 76. The first-order valence-electron chi connectivity index (χ1n) is 40.8. The number of carbonyl (C=O) groups is 4. The summed E-state index contributed by atoms with van der Waals surface area (Å²) in [6.07, 6.45) is 54.1. The summed E-state index contributed by atoms with van der Waals surface area (Å²) in [6, 6.07) is 0. The Bertz CT molecular complexity index is 1930. The van der Waals surface area contributed by atoms with Gasteiger partial charge >= 0.3 is 39.5 Å². The normalized spacial score (nSPS) is 14.9. The Hall–Kier alpha value is -1.94. The zero-order chi connectivity index (χ0) is 72.4. The quantitative estimate of drug-likeness (QED) is 0.0222. The van der Waals surface area contributed by atoms with E-state index in [-0.39, 0.29) is 25.7 Å². The number of unbranched alkanes of at least 4 members (excludes halogenated alkanes) is 39. The average Bonchev–Trinajstić information content (AvgIpc) is 0.932. The summed E-state index contributed by atoms with van der Waals surface area (Å²) in [5, 5.41) is 10.6. The SMILES string of the molecule is CCC(C)CCCCCCCCCCCCCCCCCCCCC(=O)O[C@H](COC(=O)CCCCCCCCC(C)CC)COP(=O)(O)OC[C@H](O)COP(=O)(O)OC[C@@H](COC(=O)CCCCCCCCCCCC(C)C)OC(=O)CCCCCCCCCCCCC(C)CC. The Morgan fingerprint density at radius 1 is 0.286 bits per heavy atom. The highest BCUT2D eigenvalue weighted by Crippen LogP contribution is 2.45. The van der Waals surface area contributed by atoms with Crippen LogP contribution in [0.15, 0.2) is 0 Å². The van der Waals surface area contributed by atoms with E-state index in [1.54, 1.807) is 0 Å². The highest BCUT2D eigenvalue weighted by Gasteiger charge is 2.30. The molecule has 0 bridgehead atoms. The lowest BCUT2D eigenvalue weighted by molar-refractivity contribution is -0.161. The van der Waals surface area contributed by atoms with Gasteiger partial charge in [-0.05, 0) is 49.4 Å². The average molecular weight is 1440 g/mol. The lowest BCUT2D eigenvalue weighted by Crippen LogP contribution is -2.30. The third-order valence-corrected chi connectivity index (χ3v) is 21.3. The van der Waals surface area contributed by atoms with Crippen LogP contribution in [0.2, 0.25) is 0 Å². The van der Waals surface area contributed by atoms with Crippen molar-refractivity contribution < 1.29 is 80.2 Å². The second-order valence-electron chi connectivity index (χ2n) is 29.7.